The average molecular weight is 1850 g/mol. The van der Waals surface area contributed by atoms with Crippen molar-refractivity contribution in [3.05, 3.63) is 304 Å². The number of piperazine rings is 1. The van der Waals surface area contributed by atoms with Gasteiger partial charge in [-0.05, 0) is 213 Å². The van der Waals surface area contributed by atoms with Crippen molar-refractivity contribution in [2.24, 2.45) is 5.92 Å². The van der Waals surface area contributed by atoms with Crippen LogP contribution in [0.1, 0.15) is 92.0 Å². The molecule has 0 spiro atoms. The third kappa shape index (κ3) is 27.9. The van der Waals surface area contributed by atoms with Gasteiger partial charge in [-0.15, -0.1) is 0 Å². The number of sulfonamides is 2. The first kappa shape index (κ1) is 94.9. The number of carbonyl (C=O) groups is 7. The highest BCUT2D eigenvalue weighted by atomic mass is 35.5. The number of aromatic nitrogens is 6. The fraction of sp³-hybridized carbons (Fsp3) is 0.198. The molecule has 0 saturated carbocycles. The zero-order valence-electron chi connectivity index (χ0n) is 69.1. The number of amides is 7. The molecule has 2 saturated heterocycles. The molecule has 14 rings (SSSR count). The fourth-order valence-corrected chi connectivity index (χ4v) is 16.2. The summed E-state index contributed by atoms with van der Waals surface area (Å²) in [5.41, 5.74) is 9.48. The Balaban J connectivity index is 0.000000165. The second-order valence-electron chi connectivity index (χ2n) is 29.2. The Morgan fingerprint density at radius 1 is 0.425 bits per heavy atom. The quantitative estimate of drug-likeness (QED) is 0.0235. The number of halogens is 4. The van der Waals surface area contributed by atoms with Crippen molar-refractivity contribution in [2.75, 3.05) is 97.1 Å². The van der Waals surface area contributed by atoms with E-state index in [0.29, 0.717) is 133 Å². The molecule has 29 nitrogen and oxygen atoms in total. The van der Waals surface area contributed by atoms with E-state index in [0.717, 1.165) is 54.9 Å². The Kier molecular flexibility index (Phi) is 33.6. The van der Waals surface area contributed by atoms with Crippen molar-refractivity contribution in [1.82, 2.24) is 54.5 Å². The van der Waals surface area contributed by atoms with E-state index in [4.69, 9.17) is 46.4 Å². The van der Waals surface area contributed by atoms with E-state index in [9.17, 15) is 58.8 Å². The van der Waals surface area contributed by atoms with Crippen LogP contribution in [0.15, 0.2) is 265 Å². The van der Waals surface area contributed by atoms with Crippen LogP contribution in [0.4, 0.5) is 28.6 Å². The number of hydrogen-bond donors (Lipinski definition) is 7. The predicted octanol–water partition coefficient (Wildman–Crippen LogP) is 15.1. The van der Waals surface area contributed by atoms with Gasteiger partial charge in [0.05, 0.1) is 69.5 Å². The van der Waals surface area contributed by atoms with Crippen LogP contribution in [-0.4, -0.2) is 177 Å². The minimum atomic E-state index is -3.89. The monoisotopic (exact) mass is 1850 g/mol. The molecule has 2 fully saturated rings. The Hall–Kier alpha value is -12.8. The summed E-state index contributed by atoms with van der Waals surface area (Å²) in [5, 5.41) is 16.2. The summed E-state index contributed by atoms with van der Waals surface area (Å²) >= 11 is 25.1. The van der Waals surface area contributed by atoms with Crippen molar-refractivity contribution >= 4 is 146 Å². The van der Waals surface area contributed by atoms with Gasteiger partial charge < -0.3 is 41.3 Å². The first-order valence-electron chi connectivity index (χ1n) is 39.8. The molecule has 0 bridgehead atoms. The number of hydrogen-bond acceptors (Lipinski definition) is 20. The van der Waals surface area contributed by atoms with Gasteiger partial charge in [0.1, 0.15) is 21.3 Å². The van der Waals surface area contributed by atoms with Gasteiger partial charge in [-0.25, -0.2) is 39.7 Å². The molecule has 127 heavy (non-hydrogen) atoms. The van der Waals surface area contributed by atoms with Crippen LogP contribution in [0.3, 0.4) is 0 Å². The van der Waals surface area contributed by atoms with Crippen LogP contribution in [0.2, 0.25) is 20.1 Å². The number of benzene rings is 6. The summed E-state index contributed by atoms with van der Waals surface area (Å²) in [4.78, 5) is 117. The summed E-state index contributed by atoms with van der Waals surface area (Å²) in [5.74, 6) is -0.628. The highest BCUT2D eigenvalue weighted by molar-refractivity contribution is 7.91. The lowest BCUT2D eigenvalue weighted by molar-refractivity contribution is -0.129. The molecule has 0 atom stereocenters. The molecule has 2 aliphatic heterocycles. The molecule has 7 N–H and O–H groups in total. The van der Waals surface area contributed by atoms with E-state index in [1.807, 2.05) is 79.4 Å². The molecule has 12 aromatic rings. The van der Waals surface area contributed by atoms with Crippen LogP contribution in [0.25, 0.3) is 45.0 Å². The SMILES string of the molecule is CC(=O)N1CCN(c2ccc(C(=O)Nc3ccc(Cl)c(-c4ccccn4)c3)cn2)CC1.CC(C)CNC(=O)c1ccc(C(=O)Nc2ccc(Cl)c(-c3ccccn3)c2)cn1.CS(=O)(=O)CCNS(=O)(=O)c1ccc(C(=O)Nc2ccc(Cl)c(-c3ccccn3)c2)cc1.O=C(Nc1ccc(Cl)c(-c2ccccn2)c1)c1ccc(S(=O)(=O)NCCCN2CCCC2=O)cc1. The van der Waals surface area contributed by atoms with Gasteiger partial charge in [0, 0.05) is 172 Å². The number of rotatable bonds is 27. The van der Waals surface area contributed by atoms with Crippen LogP contribution < -0.4 is 40.9 Å². The lowest BCUT2D eigenvalue weighted by atomic mass is 10.1. The number of nitrogens with zero attached hydrogens (tertiary/aromatic N) is 9. The number of carbonyl (C=O) groups excluding carboxylic acids is 7. The maximum absolute atomic E-state index is 12.7. The van der Waals surface area contributed by atoms with Gasteiger partial charge in [0.2, 0.25) is 31.9 Å². The highest BCUT2D eigenvalue weighted by Gasteiger charge is 2.25. The molecule has 7 amide bonds. The summed E-state index contributed by atoms with van der Waals surface area (Å²) in [6.45, 7) is 10.2. The zero-order valence-corrected chi connectivity index (χ0v) is 74.6. The first-order chi connectivity index (χ1) is 60.8. The summed E-state index contributed by atoms with van der Waals surface area (Å²) in [6.07, 6.45) is 12.6. The van der Waals surface area contributed by atoms with E-state index in [1.165, 1.54) is 60.8 Å². The molecule has 2 aliphatic rings. The fourth-order valence-electron chi connectivity index (χ4n) is 12.6. The van der Waals surface area contributed by atoms with Gasteiger partial charge in [0.25, 0.3) is 29.5 Å². The maximum Gasteiger partial charge on any atom is 0.269 e. The van der Waals surface area contributed by atoms with E-state index < -0.39 is 35.8 Å². The standard InChI is InChI=1S/C25H25ClN4O4S.C23H22ClN5O2.C22H21ClN4O2.C21H20ClN3O5S2/c26-22-12-9-19(17-21(22)23-5-1-2-13-27-23)29-25(32)18-7-10-20(11-8-18)35(33,34)28-14-4-16-30-15-3-6-24(30)31;1-16(30)28-10-12-29(13-11-28)22-8-5-17(15-26-22)23(31)27-18-6-7-20(24)19(14-18)21-4-2-3-9-25-21;1-14(2)12-26-22(29)20-9-6-15(13-25-20)21(28)27-16-7-8-18(23)17(11-16)19-5-3-4-10-24-19;1-31(27,28)13-12-24-32(29,30)17-8-5-15(6-9-17)21(26)25-16-7-10-19(22)18(14-16)20-4-2-3-11-23-20/h1-2,5,7-13,17,28H,3-4,6,14-16H2,(H,29,32);2-9,14-15H,10-13H2,1H3,(H,27,31);3-11,13-14H,12H2,1-2H3,(H,26,29)(H,27,28);2-11,14,24H,12-13H2,1H3,(H,25,26). The second-order valence-corrected chi connectivity index (χ2v) is 36.6. The van der Waals surface area contributed by atoms with E-state index in [2.05, 4.69) is 70.8 Å². The number of pyridine rings is 6. The molecule has 0 aliphatic carbocycles. The van der Waals surface area contributed by atoms with Crippen LogP contribution in [0.5, 0.6) is 0 Å². The zero-order chi connectivity index (χ0) is 90.8. The topological polar surface area (TPSA) is 393 Å². The average Bonchev–Trinajstić information content (AvgIpc) is 1.25. The van der Waals surface area contributed by atoms with E-state index >= 15 is 0 Å². The lowest BCUT2D eigenvalue weighted by Crippen LogP contribution is -2.48. The van der Waals surface area contributed by atoms with Crippen molar-refractivity contribution in [3.8, 4) is 45.0 Å². The van der Waals surface area contributed by atoms with E-state index in [1.54, 1.807) is 146 Å². The summed E-state index contributed by atoms with van der Waals surface area (Å²) in [7, 11) is -10.9. The first-order valence-corrected chi connectivity index (χ1v) is 46.3. The molecule has 0 radical (unpaired) electrons. The largest absolute Gasteiger partial charge is 0.353 e. The molecule has 6 aromatic heterocycles. The summed E-state index contributed by atoms with van der Waals surface area (Å²) in [6, 6.07) is 60.3. The Morgan fingerprint density at radius 2 is 0.803 bits per heavy atom. The third-order valence-electron chi connectivity index (χ3n) is 19.3. The molecule has 8 heterocycles. The molecule has 0 unspecified atom stereocenters. The molecule has 656 valence electrons. The third-order valence-corrected chi connectivity index (χ3v) is 24.6. The second kappa shape index (κ2) is 44.9. The van der Waals surface area contributed by atoms with Gasteiger partial charge >= 0.3 is 0 Å². The van der Waals surface area contributed by atoms with Crippen LogP contribution >= 0.6 is 46.4 Å². The minimum absolute atomic E-state index is 0.0650. The normalized spacial score (nSPS) is 12.5. The van der Waals surface area contributed by atoms with Gasteiger partial charge in [-0.1, -0.05) is 84.5 Å². The predicted molar refractivity (Wildman–Crippen MR) is 494 cm³/mol. The molecule has 6 aromatic carbocycles. The minimum Gasteiger partial charge on any atom is -0.353 e. The maximum atomic E-state index is 12.7. The van der Waals surface area contributed by atoms with Gasteiger partial charge in [0.15, 0.2) is 0 Å². The van der Waals surface area contributed by atoms with Crippen molar-refractivity contribution in [3.63, 3.8) is 0 Å². The number of sulfone groups is 1. The number of likely N-dealkylation sites (tertiary alicyclic amines) is 1. The lowest BCUT2D eigenvalue weighted by Gasteiger charge is -2.34. The van der Waals surface area contributed by atoms with Crippen molar-refractivity contribution < 1.29 is 58.8 Å². The smallest absolute Gasteiger partial charge is 0.269 e. The Morgan fingerprint density at radius 3 is 1.13 bits per heavy atom. The molecular formula is C91H88Cl4N16O13S3. The van der Waals surface area contributed by atoms with Gasteiger partial charge in [-0.2, -0.15) is 0 Å². The van der Waals surface area contributed by atoms with E-state index in [-0.39, 0.29) is 75.3 Å². The highest BCUT2D eigenvalue weighted by Crippen LogP contribution is 2.34. The van der Waals surface area contributed by atoms with Crippen LogP contribution in [-0.2, 0) is 39.5 Å². The Bertz CT molecular complexity index is 6250. The summed E-state index contributed by atoms with van der Waals surface area (Å²) < 4.78 is 76.7. The van der Waals surface area contributed by atoms with Crippen molar-refractivity contribution in [1.29, 1.82) is 0 Å². The Labute approximate surface area is 755 Å². The molecule has 36 heteroatoms. The van der Waals surface area contributed by atoms with Crippen molar-refractivity contribution in [2.45, 2.75) is 49.8 Å². The van der Waals surface area contributed by atoms with Gasteiger partial charge in [-0.3, -0.25) is 58.5 Å². The molecular weight excluding hydrogens is 1760 g/mol. The van der Waals surface area contributed by atoms with Crippen LogP contribution in [0, 0.1) is 5.92 Å². The number of nitrogens with one attached hydrogen (secondary N) is 7. The number of anilines is 5.